The van der Waals surface area contributed by atoms with Crippen molar-refractivity contribution in [1.82, 2.24) is 0 Å². The number of benzene rings is 1. The van der Waals surface area contributed by atoms with Gasteiger partial charge >= 0.3 is 12.1 Å². The molecule has 0 bridgehead atoms. The lowest BCUT2D eigenvalue weighted by molar-refractivity contribution is -0.137. The molecule has 3 nitrogen and oxygen atoms in total. The fourth-order valence-corrected chi connectivity index (χ4v) is 1.99. The van der Waals surface area contributed by atoms with Crippen LogP contribution < -0.4 is 0 Å². The minimum Gasteiger partial charge on any atom is -0.478 e. The van der Waals surface area contributed by atoms with Crippen molar-refractivity contribution in [1.29, 1.82) is 0 Å². The molecule has 1 aromatic carbocycles. The summed E-state index contributed by atoms with van der Waals surface area (Å²) in [4.78, 5) is 10.6. The smallest absolute Gasteiger partial charge is 0.416 e. The highest BCUT2D eigenvalue weighted by Crippen LogP contribution is 2.32. The van der Waals surface area contributed by atoms with Crippen LogP contribution in [0.2, 0.25) is 0 Å². The van der Waals surface area contributed by atoms with Crippen molar-refractivity contribution in [3.8, 4) is 11.3 Å². The van der Waals surface area contributed by atoms with Crippen molar-refractivity contribution in [2.75, 3.05) is 0 Å². The van der Waals surface area contributed by atoms with Crippen LogP contribution in [0.1, 0.15) is 23.8 Å². The van der Waals surface area contributed by atoms with E-state index in [2.05, 4.69) is 0 Å². The van der Waals surface area contributed by atoms with Crippen LogP contribution in [0.15, 0.2) is 40.8 Å². The number of aryl methyl sites for hydroxylation is 1. The molecule has 1 heterocycles. The van der Waals surface area contributed by atoms with Crippen LogP contribution in [-0.4, -0.2) is 11.1 Å². The third kappa shape index (κ3) is 3.58. The van der Waals surface area contributed by atoms with Crippen LogP contribution in [0.5, 0.6) is 0 Å². The zero-order valence-corrected chi connectivity index (χ0v) is 11.6. The number of rotatable bonds is 4. The van der Waals surface area contributed by atoms with E-state index in [4.69, 9.17) is 9.52 Å². The number of furan rings is 1. The third-order valence-corrected chi connectivity index (χ3v) is 3.07. The van der Waals surface area contributed by atoms with E-state index >= 15 is 0 Å². The summed E-state index contributed by atoms with van der Waals surface area (Å²) in [7, 11) is 0. The zero-order chi connectivity index (χ0) is 16.3. The third-order valence-electron chi connectivity index (χ3n) is 3.07. The fraction of sp³-hybridized carbons (Fsp3) is 0.188. The van der Waals surface area contributed by atoms with Crippen LogP contribution in [0.4, 0.5) is 13.2 Å². The molecule has 116 valence electrons. The highest BCUT2D eigenvalue weighted by molar-refractivity contribution is 5.85. The molecule has 6 heteroatoms. The van der Waals surface area contributed by atoms with Crippen LogP contribution in [-0.2, 0) is 17.4 Å². The molecular weight excluding hydrogens is 297 g/mol. The van der Waals surface area contributed by atoms with E-state index in [1.54, 1.807) is 6.07 Å². The number of carbonyl (C=O) groups is 1. The summed E-state index contributed by atoms with van der Waals surface area (Å²) in [6.45, 7) is 1.84. The number of aliphatic carboxylic acids is 1. The second-order valence-electron chi connectivity index (χ2n) is 4.59. The largest absolute Gasteiger partial charge is 0.478 e. The molecule has 0 amide bonds. The molecular formula is C16H13F3O3. The Labute approximate surface area is 124 Å². The molecule has 0 aliphatic rings. The first-order chi connectivity index (χ1) is 10.3. The van der Waals surface area contributed by atoms with Crippen LogP contribution in [0.3, 0.4) is 0 Å². The van der Waals surface area contributed by atoms with Crippen molar-refractivity contribution in [2.45, 2.75) is 19.5 Å². The van der Waals surface area contributed by atoms with Gasteiger partial charge in [-0.2, -0.15) is 13.2 Å². The summed E-state index contributed by atoms with van der Waals surface area (Å²) in [6, 6.07) is 6.23. The molecule has 0 spiro atoms. The van der Waals surface area contributed by atoms with E-state index in [0.29, 0.717) is 29.1 Å². The SMILES string of the molecule is CCc1oc(-c2ccc(C(F)(F)F)cc2)cc1/C=C/C(=O)O. The predicted molar refractivity (Wildman–Crippen MR) is 75.2 cm³/mol. The van der Waals surface area contributed by atoms with Crippen LogP contribution in [0.25, 0.3) is 17.4 Å². The normalized spacial score (nSPS) is 12.0. The lowest BCUT2D eigenvalue weighted by Crippen LogP contribution is -2.03. The maximum absolute atomic E-state index is 12.5. The number of hydrogen-bond acceptors (Lipinski definition) is 2. The van der Waals surface area contributed by atoms with Gasteiger partial charge in [0, 0.05) is 23.6 Å². The number of alkyl halides is 3. The van der Waals surface area contributed by atoms with Crippen molar-refractivity contribution < 1.29 is 27.5 Å². The first kappa shape index (κ1) is 15.9. The number of carboxylic acids is 1. The average Bonchev–Trinajstić information content (AvgIpc) is 2.87. The van der Waals surface area contributed by atoms with Gasteiger partial charge in [0.25, 0.3) is 0 Å². The van der Waals surface area contributed by atoms with E-state index in [-0.39, 0.29) is 0 Å². The van der Waals surface area contributed by atoms with Gasteiger partial charge in [0.05, 0.1) is 5.56 Å². The molecule has 0 radical (unpaired) electrons. The van der Waals surface area contributed by atoms with E-state index in [9.17, 15) is 18.0 Å². The van der Waals surface area contributed by atoms with Crippen LogP contribution >= 0.6 is 0 Å². The first-order valence-electron chi connectivity index (χ1n) is 6.52. The van der Waals surface area contributed by atoms with Gasteiger partial charge in [0.1, 0.15) is 11.5 Å². The number of hydrogen-bond donors (Lipinski definition) is 1. The maximum Gasteiger partial charge on any atom is 0.416 e. The minimum atomic E-state index is -4.38. The Morgan fingerprint density at radius 2 is 1.91 bits per heavy atom. The Morgan fingerprint density at radius 1 is 1.27 bits per heavy atom. The molecule has 1 N–H and O–H groups in total. The van der Waals surface area contributed by atoms with Gasteiger partial charge in [-0.15, -0.1) is 0 Å². The number of halogens is 3. The molecule has 0 atom stereocenters. The van der Waals surface area contributed by atoms with Gasteiger partial charge in [-0.25, -0.2) is 4.79 Å². The maximum atomic E-state index is 12.5. The lowest BCUT2D eigenvalue weighted by atomic mass is 10.1. The summed E-state index contributed by atoms with van der Waals surface area (Å²) in [5.74, 6) is -0.109. The molecule has 0 unspecified atom stereocenters. The Hall–Kier alpha value is -2.50. The van der Waals surface area contributed by atoms with Gasteiger partial charge < -0.3 is 9.52 Å². The summed E-state index contributed by atoms with van der Waals surface area (Å²) in [6.07, 6.45) is -1.45. The fourth-order valence-electron chi connectivity index (χ4n) is 1.99. The minimum absolute atomic E-state index is 0.399. The Balaban J connectivity index is 2.35. The average molecular weight is 310 g/mol. The summed E-state index contributed by atoms with van der Waals surface area (Å²) in [5.41, 5.74) is 0.363. The Bertz CT molecular complexity index is 694. The standard InChI is InChI=1S/C16H13F3O3/c1-2-13-11(5-8-15(20)21)9-14(22-13)10-3-6-12(7-4-10)16(17,18)19/h3-9H,2H2,1H3,(H,20,21)/b8-5+. The van der Waals surface area contributed by atoms with E-state index in [1.165, 1.54) is 18.2 Å². The molecule has 0 aliphatic carbocycles. The summed E-state index contributed by atoms with van der Waals surface area (Å²) < 4.78 is 43.2. The van der Waals surface area contributed by atoms with E-state index in [0.717, 1.165) is 18.2 Å². The second kappa shape index (κ2) is 6.09. The monoisotopic (exact) mass is 310 g/mol. The van der Waals surface area contributed by atoms with Crippen LogP contribution in [0, 0.1) is 0 Å². The van der Waals surface area contributed by atoms with E-state index < -0.39 is 17.7 Å². The van der Waals surface area contributed by atoms with Crippen molar-refractivity contribution in [3.63, 3.8) is 0 Å². The number of carboxylic acid groups (broad SMARTS) is 1. The molecule has 0 saturated carbocycles. The predicted octanol–water partition coefficient (Wildman–Crippen LogP) is 4.63. The van der Waals surface area contributed by atoms with Crippen molar-refractivity contribution >= 4 is 12.0 Å². The highest BCUT2D eigenvalue weighted by Gasteiger charge is 2.30. The van der Waals surface area contributed by atoms with Gasteiger partial charge in [0.2, 0.25) is 0 Å². The molecule has 2 rings (SSSR count). The van der Waals surface area contributed by atoms with Gasteiger partial charge in [-0.05, 0) is 24.3 Å². The first-order valence-corrected chi connectivity index (χ1v) is 6.52. The topological polar surface area (TPSA) is 50.4 Å². The van der Waals surface area contributed by atoms with E-state index in [1.807, 2.05) is 6.92 Å². The molecule has 0 fully saturated rings. The molecule has 2 aromatic rings. The van der Waals surface area contributed by atoms with Crippen molar-refractivity contribution in [2.24, 2.45) is 0 Å². The molecule has 0 saturated heterocycles. The lowest BCUT2D eigenvalue weighted by Gasteiger charge is -2.06. The summed E-state index contributed by atoms with van der Waals surface area (Å²) in [5, 5.41) is 8.65. The zero-order valence-electron chi connectivity index (χ0n) is 11.6. The summed E-state index contributed by atoms with van der Waals surface area (Å²) >= 11 is 0. The second-order valence-corrected chi connectivity index (χ2v) is 4.59. The molecule has 0 aliphatic heterocycles. The molecule has 1 aromatic heterocycles. The molecule has 22 heavy (non-hydrogen) atoms. The van der Waals surface area contributed by atoms with Gasteiger partial charge in [-0.3, -0.25) is 0 Å². The quantitative estimate of drug-likeness (QED) is 0.838. The highest BCUT2D eigenvalue weighted by atomic mass is 19.4. The Kier molecular flexibility index (Phi) is 4.40. The van der Waals surface area contributed by atoms with Gasteiger partial charge in [0.15, 0.2) is 0 Å². The van der Waals surface area contributed by atoms with Crippen molar-refractivity contribution in [3.05, 3.63) is 53.3 Å². The van der Waals surface area contributed by atoms with Gasteiger partial charge in [-0.1, -0.05) is 19.1 Å². The Morgan fingerprint density at radius 3 is 2.41 bits per heavy atom.